The average molecular weight is 255 g/mol. The van der Waals surface area contributed by atoms with Crippen LogP contribution in [0.1, 0.15) is 26.2 Å². The third-order valence-electron chi connectivity index (χ3n) is 2.94. The Bertz CT molecular complexity index is 378. The van der Waals surface area contributed by atoms with Gasteiger partial charge in [0, 0.05) is 17.1 Å². The summed E-state index contributed by atoms with van der Waals surface area (Å²) in [5.74, 6) is 0.872. The van der Waals surface area contributed by atoms with Gasteiger partial charge in [-0.15, -0.1) is 0 Å². The molecule has 1 aromatic carbocycles. The second-order valence-corrected chi connectivity index (χ2v) is 5.00. The zero-order valence-electron chi connectivity index (χ0n) is 10.1. The van der Waals surface area contributed by atoms with Crippen LogP contribution in [0, 0.1) is 0 Å². The van der Waals surface area contributed by atoms with Crippen LogP contribution in [0.5, 0.6) is 5.75 Å². The van der Waals surface area contributed by atoms with Crippen LogP contribution < -0.4 is 15.8 Å². The van der Waals surface area contributed by atoms with Crippen LogP contribution in [-0.2, 0) is 0 Å². The van der Waals surface area contributed by atoms with Crippen molar-refractivity contribution in [3.05, 3.63) is 23.2 Å². The molecule has 1 aliphatic carbocycles. The maximum atomic E-state index is 6.00. The fourth-order valence-corrected chi connectivity index (χ4v) is 2.12. The van der Waals surface area contributed by atoms with Crippen LogP contribution in [-0.4, -0.2) is 18.7 Å². The van der Waals surface area contributed by atoms with E-state index in [-0.39, 0.29) is 0 Å². The second-order valence-electron chi connectivity index (χ2n) is 4.56. The summed E-state index contributed by atoms with van der Waals surface area (Å²) in [5.41, 5.74) is 6.75. The van der Waals surface area contributed by atoms with Crippen LogP contribution in [0.4, 0.5) is 5.69 Å². The Hall–Kier alpha value is -0.930. The molecule has 0 saturated heterocycles. The molecule has 0 amide bonds. The van der Waals surface area contributed by atoms with Crippen LogP contribution >= 0.6 is 11.6 Å². The van der Waals surface area contributed by atoms with Crippen LogP contribution in [0.3, 0.4) is 0 Å². The van der Waals surface area contributed by atoms with E-state index in [1.54, 1.807) is 0 Å². The van der Waals surface area contributed by atoms with Gasteiger partial charge < -0.3 is 15.8 Å². The highest BCUT2D eigenvalue weighted by molar-refractivity contribution is 6.30. The molecule has 1 saturated carbocycles. The summed E-state index contributed by atoms with van der Waals surface area (Å²) in [4.78, 5) is 0. The third-order valence-corrected chi connectivity index (χ3v) is 3.17. The number of nitrogens with one attached hydrogen (secondary N) is 1. The van der Waals surface area contributed by atoms with Gasteiger partial charge in [0.2, 0.25) is 0 Å². The Morgan fingerprint density at radius 1 is 1.47 bits per heavy atom. The number of hydrogen-bond acceptors (Lipinski definition) is 3. The SMILES string of the molecule is CCCOc1ccc(Cl)cc1NC1CC(N)C1. The van der Waals surface area contributed by atoms with E-state index in [4.69, 9.17) is 22.1 Å². The van der Waals surface area contributed by atoms with Gasteiger partial charge in [-0.05, 0) is 37.5 Å². The molecular weight excluding hydrogens is 236 g/mol. The summed E-state index contributed by atoms with van der Waals surface area (Å²) in [7, 11) is 0. The zero-order chi connectivity index (χ0) is 12.3. The molecule has 0 unspecified atom stereocenters. The summed E-state index contributed by atoms with van der Waals surface area (Å²) in [6.45, 7) is 2.81. The molecule has 0 atom stereocenters. The van der Waals surface area contributed by atoms with Gasteiger partial charge in [0.1, 0.15) is 5.75 Å². The molecule has 3 N–H and O–H groups in total. The standard InChI is InChI=1S/C13H19ClN2O/c1-2-5-17-13-4-3-9(14)6-12(13)16-11-7-10(15)8-11/h3-4,6,10-11,16H,2,5,7-8,15H2,1H3. The van der Waals surface area contributed by atoms with Crippen LogP contribution in [0.15, 0.2) is 18.2 Å². The molecule has 2 rings (SSSR count). The van der Waals surface area contributed by atoms with Crippen LogP contribution in [0.25, 0.3) is 0 Å². The molecule has 0 aromatic heterocycles. The monoisotopic (exact) mass is 254 g/mol. The summed E-state index contributed by atoms with van der Waals surface area (Å²) in [6, 6.07) is 6.47. The smallest absolute Gasteiger partial charge is 0.142 e. The van der Waals surface area contributed by atoms with Gasteiger partial charge in [-0.3, -0.25) is 0 Å². The Balaban J connectivity index is 2.04. The molecular formula is C13H19ClN2O. The zero-order valence-corrected chi connectivity index (χ0v) is 10.8. The van der Waals surface area contributed by atoms with Crippen molar-refractivity contribution in [3.8, 4) is 5.75 Å². The lowest BCUT2D eigenvalue weighted by atomic mass is 9.87. The van der Waals surface area contributed by atoms with Gasteiger partial charge >= 0.3 is 0 Å². The predicted octanol–water partition coefficient (Wildman–Crippen LogP) is 3.03. The van der Waals surface area contributed by atoms with E-state index >= 15 is 0 Å². The Labute approximate surface area is 107 Å². The average Bonchev–Trinajstić information content (AvgIpc) is 2.26. The van der Waals surface area contributed by atoms with E-state index in [0.717, 1.165) is 42.3 Å². The third kappa shape index (κ3) is 3.27. The van der Waals surface area contributed by atoms with Crippen molar-refractivity contribution in [2.45, 2.75) is 38.3 Å². The topological polar surface area (TPSA) is 47.3 Å². The molecule has 0 heterocycles. The Morgan fingerprint density at radius 2 is 2.24 bits per heavy atom. The van der Waals surface area contributed by atoms with E-state index in [0.29, 0.717) is 12.1 Å². The van der Waals surface area contributed by atoms with E-state index in [1.165, 1.54) is 0 Å². The number of halogens is 1. The van der Waals surface area contributed by atoms with Crippen molar-refractivity contribution < 1.29 is 4.74 Å². The minimum atomic E-state index is 0.340. The fourth-order valence-electron chi connectivity index (χ4n) is 1.95. The number of ether oxygens (including phenoxy) is 1. The summed E-state index contributed by atoms with van der Waals surface area (Å²) >= 11 is 6.00. The lowest BCUT2D eigenvalue weighted by molar-refractivity contribution is 0.316. The first-order valence-corrected chi connectivity index (χ1v) is 6.51. The molecule has 17 heavy (non-hydrogen) atoms. The molecule has 0 radical (unpaired) electrons. The number of benzene rings is 1. The number of rotatable bonds is 5. The van der Waals surface area contributed by atoms with Crippen molar-refractivity contribution in [2.24, 2.45) is 5.73 Å². The molecule has 0 aliphatic heterocycles. The Morgan fingerprint density at radius 3 is 2.88 bits per heavy atom. The van der Waals surface area contributed by atoms with Gasteiger partial charge in [0.25, 0.3) is 0 Å². The van der Waals surface area contributed by atoms with Gasteiger partial charge in [-0.1, -0.05) is 18.5 Å². The van der Waals surface area contributed by atoms with Gasteiger partial charge in [0.15, 0.2) is 0 Å². The normalized spacial score (nSPS) is 23.0. The highest BCUT2D eigenvalue weighted by Gasteiger charge is 2.26. The van der Waals surface area contributed by atoms with Crippen molar-refractivity contribution >= 4 is 17.3 Å². The minimum Gasteiger partial charge on any atom is -0.491 e. The molecule has 1 fully saturated rings. The first-order valence-electron chi connectivity index (χ1n) is 6.13. The van der Waals surface area contributed by atoms with Gasteiger partial charge in [-0.2, -0.15) is 0 Å². The highest BCUT2D eigenvalue weighted by atomic mass is 35.5. The summed E-state index contributed by atoms with van der Waals surface area (Å²) in [5, 5.41) is 4.16. The van der Waals surface area contributed by atoms with Gasteiger partial charge in [-0.25, -0.2) is 0 Å². The molecule has 1 aliphatic rings. The lowest BCUT2D eigenvalue weighted by Crippen LogP contribution is -2.44. The first kappa shape index (κ1) is 12.5. The van der Waals surface area contributed by atoms with E-state index in [1.807, 2.05) is 18.2 Å². The minimum absolute atomic E-state index is 0.340. The maximum Gasteiger partial charge on any atom is 0.142 e. The van der Waals surface area contributed by atoms with Crippen LogP contribution in [0.2, 0.25) is 5.02 Å². The number of nitrogens with two attached hydrogens (primary N) is 1. The highest BCUT2D eigenvalue weighted by Crippen LogP contribution is 2.31. The molecule has 3 nitrogen and oxygen atoms in total. The molecule has 0 bridgehead atoms. The van der Waals surface area contributed by atoms with Crippen molar-refractivity contribution in [1.29, 1.82) is 0 Å². The molecule has 0 spiro atoms. The van der Waals surface area contributed by atoms with Gasteiger partial charge in [0.05, 0.1) is 12.3 Å². The van der Waals surface area contributed by atoms with Crippen molar-refractivity contribution in [3.63, 3.8) is 0 Å². The number of anilines is 1. The summed E-state index contributed by atoms with van der Waals surface area (Å²) < 4.78 is 5.69. The second kappa shape index (κ2) is 5.61. The largest absolute Gasteiger partial charge is 0.491 e. The fraction of sp³-hybridized carbons (Fsp3) is 0.538. The first-order chi connectivity index (χ1) is 8.19. The molecule has 4 heteroatoms. The molecule has 94 valence electrons. The van der Waals surface area contributed by atoms with E-state index in [2.05, 4.69) is 12.2 Å². The quantitative estimate of drug-likeness (QED) is 0.849. The Kier molecular flexibility index (Phi) is 4.13. The number of hydrogen-bond donors (Lipinski definition) is 2. The van der Waals surface area contributed by atoms with Crippen molar-refractivity contribution in [2.75, 3.05) is 11.9 Å². The van der Waals surface area contributed by atoms with E-state index in [9.17, 15) is 0 Å². The molecule has 1 aromatic rings. The lowest BCUT2D eigenvalue weighted by Gasteiger charge is -2.34. The van der Waals surface area contributed by atoms with Crippen molar-refractivity contribution in [1.82, 2.24) is 0 Å². The predicted molar refractivity (Wildman–Crippen MR) is 71.9 cm³/mol. The summed E-state index contributed by atoms with van der Waals surface area (Å²) in [6.07, 6.45) is 3.02. The van der Waals surface area contributed by atoms with E-state index < -0.39 is 0 Å². The maximum absolute atomic E-state index is 6.00.